The molecule has 1 aliphatic carbocycles. The van der Waals surface area contributed by atoms with E-state index >= 15 is 0 Å². The molecule has 0 saturated heterocycles. The molecule has 1 amide bonds. The van der Waals surface area contributed by atoms with Crippen molar-refractivity contribution in [3.63, 3.8) is 0 Å². The summed E-state index contributed by atoms with van der Waals surface area (Å²) >= 11 is 0. The number of pyridine rings is 1. The summed E-state index contributed by atoms with van der Waals surface area (Å²) in [5, 5.41) is 0. The van der Waals surface area contributed by atoms with Crippen molar-refractivity contribution >= 4 is 11.7 Å². The van der Waals surface area contributed by atoms with E-state index < -0.39 is 47.6 Å². The summed E-state index contributed by atoms with van der Waals surface area (Å²) < 4.78 is 83.0. The van der Waals surface area contributed by atoms with E-state index in [0.29, 0.717) is 0 Å². The molecule has 0 aliphatic heterocycles. The number of hydrogen-bond donors (Lipinski definition) is 2. The minimum Gasteiger partial charge on any atom is -0.460 e. The molecular weight excluding hydrogens is 420 g/mol. The van der Waals surface area contributed by atoms with E-state index in [0.717, 1.165) is 38.5 Å². The number of alkyl halides is 5. The number of halogens is 6. The normalized spacial score (nSPS) is 17.9. The van der Waals surface area contributed by atoms with Crippen LogP contribution in [0.5, 0.6) is 5.88 Å². The van der Waals surface area contributed by atoms with Crippen LogP contribution in [0, 0.1) is 11.7 Å². The number of anilines is 1. The maximum absolute atomic E-state index is 14.2. The lowest BCUT2D eigenvalue weighted by Crippen LogP contribution is -2.45. The Labute approximate surface area is 165 Å². The summed E-state index contributed by atoms with van der Waals surface area (Å²) in [7, 11) is 0. The molecule has 1 fully saturated rings. The van der Waals surface area contributed by atoms with Crippen molar-refractivity contribution in [1.82, 2.24) is 20.4 Å². The molecule has 2 N–H and O–H groups in total. The Morgan fingerprint density at radius 1 is 1.17 bits per heavy atom. The molecule has 2 heterocycles. The van der Waals surface area contributed by atoms with Gasteiger partial charge in [0.1, 0.15) is 5.92 Å². The second-order valence-corrected chi connectivity index (χ2v) is 7.04. The van der Waals surface area contributed by atoms with Gasteiger partial charge in [0.15, 0.2) is 17.2 Å². The van der Waals surface area contributed by atoms with Gasteiger partial charge in [-0.2, -0.15) is 13.2 Å². The first kappa shape index (κ1) is 21.6. The van der Waals surface area contributed by atoms with Crippen molar-refractivity contribution in [3.05, 3.63) is 30.5 Å². The van der Waals surface area contributed by atoms with Crippen LogP contribution in [-0.2, 0) is 4.79 Å². The first-order chi connectivity index (χ1) is 13.8. The second-order valence-electron chi connectivity index (χ2n) is 7.04. The molecule has 0 bridgehead atoms. The summed E-state index contributed by atoms with van der Waals surface area (Å²) in [4.78, 5) is 22.9. The summed E-state index contributed by atoms with van der Waals surface area (Å²) in [6.45, 7) is 1.48. The summed E-state index contributed by atoms with van der Waals surface area (Å²) in [5.74, 6) is -7.23. The molecule has 2 aromatic heterocycles. The van der Waals surface area contributed by atoms with Crippen LogP contribution in [0.1, 0.15) is 20.3 Å². The molecular formula is C17H15F6N5O2. The van der Waals surface area contributed by atoms with Gasteiger partial charge < -0.3 is 4.74 Å². The molecule has 30 heavy (non-hydrogen) atoms. The predicted octanol–water partition coefficient (Wildman–Crippen LogP) is 3.50. The number of hydrazine groups is 1. The van der Waals surface area contributed by atoms with E-state index in [1.54, 1.807) is 0 Å². The Morgan fingerprint density at radius 2 is 1.83 bits per heavy atom. The molecule has 3 rings (SSSR count). The highest BCUT2D eigenvalue weighted by Crippen LogP contribution is 2.48. The van der Waals surface area contributed by atoms with E-state index in [4.69, 9.17) is 0 Å². The van der Waals surface area contributed by atoms with E-state index in [9.17, 15) is 31.1 Å². The van der Waals surface area contributed by atoms with Crippen LogP contribution in [0.4, 0.5) is 32.2 Å². The van der Waals surface area contributed by atoms with E-state index in [1.807, 2.05) is 0 Å². The van der Waals surface area contributed by atoms with Gasteiger partial charge in [0, 0.05) is 18.2 Å². The summed E-state index contributed by atoms with van der Waals surface area (Å²) in [6.07, 6.45) is -1.91. The van der Waals surface area contributed by atoms with Gasteiger partial charge in [0.05, 0.1) is 18.1 Å². The number of carbonyl (C=O) groups excluding carboxylic acids is 1. The quantitative estimate of drug-likeness (QED) is 0.534. The molecule has 0 spiro atoms. The molecule has 162 valence electrons. The molecule has 0 aromatic carbocycles. The van der Waals surface area contributed by atoms with Gasteiger partial charge in [0.2, 0.25) is 5.91 Å². The number of carbonyl (C=O) groups is 1. The lowest BCUT2D eigenvalue weighted by Gasteiger charge is -2.28. The first-order valence-electron chi connectivity index (χ1n) is 8.47. The van der Waals surface area contributed by atoms with Crippen LogP contribution >= 0.6 is 0 Å². The van der Waals surface area contributed by atoms with E-state index in [2.05, 4.69) is 30.5 Å². The number of nitrogens with one attached hydrogen (secondary N) is 2. The highest BCUT2D eigenvalue weighted by atomic mass is 19.4. The Kier molecular flexibility index (Phi) is 5.24. The molecule has 1 unspecified atom stereocenters. The topological polar surface area (TPSA) is 89.0 Å². The molecule has 13 heteroatoms. The molecule has 1 atom stereocenters. The van der Waals surface area contributed by atoms with Gasteiger partial charge in [-0.15, -0.1) is 0 Å². The van der Waals surface area contributed by atoms with Crippen molar-refractivity contribution in [2.75, 3.05) is 5.43 Å². The molecule has 0 radical (unpaired) electrons. The second kappa shape index (κ2) is 7.29. The predicted molar refractivity (Wildman–Crippen MR) is 90.8 cm³/mol. The average molecular weight is 435 g/mol. The SMILES string of the molecule is CC(C)(Oc1ncc(-c2cnc(NNC(=O)C3CC3(F)F)cn2)cc1F)C(F)(F)F. The fraction of sp³-hybridized carbons (Fsp3) is 0.412. The number of nitrogens with zero attached hydrogens (tertiary/aromatic N) is 3. The van der Waals surface area contributed by atoms with Gasteiger partial charge in [-0.25, -0.2) is 23.1 Å². The first-order valence-corrected chi connectivity index (χ1v) is 8.47. The minimum atomic E-state index is -4.74. The smallest absolute Gasteiger partial charge is 0.427 e. The van der Waals surface area contributed by atoms with Crippen molar-refractivity contribution < 1.29 is 35.9 Å². The van der Waals surface area contributed by atoms with Crippen molar-refractivity contribution in [2.45, 2.75) is 38.0 Å². The van der Waals surface area contributed by atoms with Crippen molar-refractivity contribution in [3.8, 4) is 17.1 Å². The van der Waals surface area contributed by atoms with Crippen LogP contribution in [0.3, 0.4) is 0 Å². The fourth-order valence-electron chi connectivity index (χ4n) is 2.19. The third kappa shape index (κ3) is 4.54. The van der Waals surface area contributed by atoms with Crippen LogP contribution in [0.25, 0.3) is 11.3 Å². The lowest BCUT2D eigenvalue weighted by molar-refractivity contribution is -0.235. The molecule has 1 saturated carbocycles. The van der Waals surface area contributed by atoms with Gasteiger partial charge >= 0.3 is 6.18 Å². The zero-order valence-corrected chi connectivity index (χ0v) is 15.5. The van der Waals surface area contributed by atoms with Crippen LogP contribution < -0.4 is 15.6 Å². The number of hydrogen-bond acceptors (Lipinski definition) is 6. The average Bonchev–Trinajstić information content (AvgIpc) is 3.29. The van der Waals surface area contributed by atoms with Gasteiger partial charge in [-0.05, 0) is 19.9 Å². The van der Waals surface area contributed by atoms with Gasteiger partial charge in [0.25, 0.3) is 11.8 Å². The molecule has 2 aromatic rings. The largest absolute Gasteiger partial charge is 0.460 e. The Hall–Kier alpha value is -3.12. The standard InChI is InChI=1S/C17H15F6N5O2/c1-15(2,17(21,22)23)30-14-10(18)3-8(5-26-14)11-6-25-12(7-24-11)27-28-13(29)9-4-16(9,19)20/h3,5-7,9H,4H2,1-2H3,(H,25,27)(H,28,29). The number of ether oxygens (including phenoxy) is 1. The number of rotatable bonds is 6. The Balaban J connectivity index is 1.65. The van der Waals surface area contributed by atoms with Gasteiger partial charge in [-0.3, -0.25) is 20.6 Å². The number of amides is 1. The van der Waals surface area contributed by atoms with Crippen molar-refractivity contribution in [1.29, 1.82) is 0 Å². The highest BCUT2D eigenvalue weighted by Gasteiger charge is 2.61. The third-order valence-electron chi connectivity index (χ3n) is 4.25. The van der Waals surface area contributed by atoms with Crippen LogP contribution in [-0.4, -0.2) is 38.6 Å². The summed E-state index contributed by atoms with van der Waals surface area (Å²) in [6, 6.07) is 0.878. The number of aromatic nitrogens is 3. The molecule has 1 aliphatic rings. The van der Waals surface area contributed by atoms with E-state index in [1.165, 1.54) is 0 Å². The third-order valence-corrected chi connectivity index (χ3v) is 4.25. The monoisotopic (exact) mass is 435 g/mol. The zero-order chi connectivity index (χ0) is 22.3. The van der Waals surface area contributed by atoms with Crippen molar-refractivity contribution in [2.24, 2.45) is 5.92 Å². The Morgan fingerprint density at radius 3 is 2.33 bits per heavy atom. The van der Waals surface area contributed by atoms with Crippen LogP contribution in [0.15, 0.2) is 24.7 Å². The lowest BCUT2D eigenvalue weighted by atomic mass is 10.1. The van der Waals surface area contributed by atoms with Crippen LogP contribution in [0.2, 0.25) is 0 Å². The fourth-order valence-corrected chi connectivity index (χ4v) is 2.19. The van der Waals surface area contributed by atoms with Gasteiger partial charge in [-0.1, -0.05) is 0 Å². The zero-order valence-electron chi connectivity index (χ0n) is 15.5. The maximum Gasteiger partial charge on any atom is 0.427 e. The Bertz CT molecular complexity index is 949. The maximum atomic E-state index is 14.2. The highest BCUT2D eigenvalue weighted by molar-refractivity contribution is 5.83. The summed E-state index contributed by atoms with van der Waals surface area (Å²) in [5.41, 5.74) is 1.97. The van der Waals surface area contributed by atoms with E-state index in [-0.39, 0.29) is 17.1 Å². The molecule has 7 nitrogen and oxygen atoms in total. The minimum absolute atomic E-state index is 0.0244.